The number of carbonyl (C=O) groups excluding carboxylic acids is 2. The van der Waals surface area contributed by atoms with Gasteiger partial charge < -0.3 is 10.2 Å². The molecule has 1 N–H and O–H groups in total. The molecule has 0 spiro atoms. The van der Waals surface area contributed by atoms with Gasteiger partial charge in [0.2, 0.25) is 21.8 Å². The Morgan fingerprint density at radius 2 is 1.65 bits per heavy atom. The molecule has 0 heterocycles. The second-order valence-corrected chi connectivity index (χ2v) is 11.9. The zero-order valence-corrected chi connectivity index (χ0v) is 24.0. The first-order valence-corrected chi connectivity index (χ1v) is 14.5. The van der Waals surface area contributed by atoms with Crippen LogP contribution < -0.4 is 9.62 Å². The molecule has 0 unspecified atom stereocenters. The lowest BCUT2D eigenvalue weighted by Crippen LogP contribution is -2.52. The van der Waals surface area contributed by atoms with E-state index >= 15 is 0 Å². The fourth-order valence-corrected chi connectivity index (χ4v) is 5.14. The molecule has 0 aliphatic rings. The van der Waals surface area contributed by atoms with Gasteiger partial charge in [0.25, 0.3) is 0 Å². The van der Waals surface area contributed by atoms with Gasteiger partial charge in [0.1, 0.15) is 12.6 Å². The van der Waals surface area contributed by atoms with E-state index < -0.39 is 28.5 Å². The van der Waals surface area contributed by atoms with Crippen molar-refractivity contribution >= 4 is 55.1 Å². The molecular formula is C27H29BrClN3O4S. The number of anilines is 1. The maximum absolute atomic E-state index is 13.8. The predicted molar refractivity (Wildman–Crippen MR) is 151 cm³/mol. The molecule has 10 heteroatoms. The smallest absolute Gasteiger partial charge is 0.244 e. The monoisotopic (exact) mass is 605 g/mol. The molecule has 1 atom stereocenters. The Morgan fingerprint density at radius 1 is 1.00 bits per heavy atom. The van der Waals surface area contributed by atoms with E-state index in [2.05, 4.69) is 21.2 Å². The van der Waals surface area contributed by atoms with Gasteiger partial charge in [0.05, 0.1) is 11.9 Å². The molecule has 7 nitrogen and oxygen atoms in total. The Kier molecular flexibility index (Phi) is 9.75. The Balaban J connectivity index is 2.03. The van der Waals surface area contributed by atoms with E-state index in [-0.39, 0.29) is 24.6 Å². The quantitative estimate of drug-likeness (QED) is 0.367. The maximum atomic E-state index is 13.8. The van der Waals surface area contributed by atoms with E-state index in [1.54, 1.807) is 19.1 Å². The molecule has 2 amide bonds. The van der Waals surface area contributed by atoms with Crippen molar-refractivity contribution < 1.29 is 18.0 Å². The molecule has 0 saturated heterocycles. The number of hydrogen-bond acceptors (Lipinski definition) is 4. The van der Waals surface area contributed by atoms with Crippen molar-refractivity contribution in [2.45, 2.75) is 25.9 Å². The Labute approximate surface area is 231 Å². The summed E-state index contributed by atoms with van der Waals surface area (Å²) in [6.45, 7) is 1.43. The van der Waals surface area contributed by atoms with E-state index in [1.165, 1.54) is 18.0 Å². The molecule has 196 valence electrons. The molecule has 3 aromatic carbocycles. The first-order chi connectivity index (χ1) is 17.5. The zero-order chi connectivity index (χ0) is 27.2. The summed E-state index contributed by atoms with van der Waals surface area (Å²) < 4.78 is 27.4. The van der Waals surface area contributed by atoms with Crippen LogP contribution in [0.15, 0.2) is 77.3 Å². The van der Waals surface area contributed by atoms with Gasteiger partial charge in [-0.1, -0.05) is 76.1 Å². The first-order valence-electron chi connectivity index (χ1n) is 11.5. The average Bonchev–Trinajstić information content (AvgIpc) is 2.87. The number of sulfonamides is 1. The molecular weight excluding hydrogens is 578 g/mol. The molecule has 37 heavy (non-hydrogen) atoms. The molecule has 0 saturated carbocycles. The highest BCUT2D eigenvalue weighted by molar-refractivity contribution is 9.10. The molecule has 0 fully saturated rings. The molecule has 0 radical (unpaired) electrons. The number of rotatable bonds is 10. The van der Waals surface area contributed by atoms with Gasteiger partial charge in [-0.05, 0) is 47.9 Å². The van der Waals surface area contributed by atoms with Crippen molar-refractivity contribution in [3.63, 3.8) is 0 Å². The number of amides is 2. The van der Waals surface area contributed by atoms with E-state index in [9.17, 15) is 18.0 Å². The van der Waals surface area contributed by atoms with Crippen molar-refractivity contribution in [3.05, 3.63) is 99.0 Å². The lowest BCUT2D eigenvalue weighted by atomic mass is 10.0. The first kappa shape index (κ1) is 28.7. The summed E-state index contributed by atoms with van der Waals surface area (Å²) in [6, 6.07) is 20.7. The highest BCUT2D eigenvalue weighted by Crippen LogP contribution is 2.26. The maximum Gasteiger partial charge on any atom is 0.244 e. The molecule has 0 aromatic heterocycles. The van der Waals surface area contributed by atoms with Crippen LogP contribution in [-0.2, 0) is 32.6 Å². The summed E-state index contributed by atoms with van der Waals surface area (Å²) >= 11 is 9.67. The van der Waals surface area contributed by atoms with E-state index in [1.807, 2.05) is 54.6 Å². The summed E-state index contributed by atoms with van der Waals surface area (Å²) in [7, 11) is -2.33. The van der Waals surface area contributed by atoms with Crippen LogP contribution in [0, 0.1) is 6.92 Å². The summed E-state index contributed by atoms with van der Waals surface area (Å²) in [5.74, 6) is -0.867. The number of nitrogens with zero attached hydrogens (tertiary/aromatic N) is 2. The molecule has 3 rings (SSSR count). The van der Waals surface area contributed by atoms with Gasteiger partial charge >= 0.3 is 0 Å². The van der Waals surface area contributed by atoms with Crippen molar-refractivity contribution in [2.24, 2.45) is 0 Å². The van der Waals surface area contributed by atoms with Crippen molar-refractivity contribution in [3.8, 4) is 0 Å². The third-order valence-electron chi connectivity index (χ3n) is 5.91. The summed E-state index contributed by atoms with van der Waals surface area (Å²) in [5, 5.41) is 3.04. The van der Waals surface area contributed by atoms with Gasteiger partial charge in [0.15, 0.2) is 0 Å². The molecule has 0 aliphatic heterocycles. The van der Waals surface area contributed by atoms with Gasteiger partial charge in [-0.25, -0.2) is 8.42 Å². The normalized spacial score (nSPS) is 12.0. The van der Waals surface area contributed by atoms with Crippen LogP contribution in [0.25, 0.3) is 0 Å². The standard InChI is InChI=1S/C27H29BrClN3O4S/c1-19-9-14-23(16-24(19)29)32(37(3,35)36)18-26(33)31(17-21-10-12-22(28)13-11-21)25(27(34)30-2)15-20-7-5-4-6-8-20/h4-14,16,25H,15,17-18H2,1-3H3,(H,30,34)/t25-/m0/s1. The predicted octanol–water partition coefficient (Wildman–Crippen LogP) is 4.56. The van der Waals surface area contributed by atoms with Gasteiger partial charge in [-0.2, -0.15) is 0 Å². The minimum Gasteiger partial charge on any atom is -0.357 e. The van der Waals surface area contributed by atoms with Gasteiger partial charge in [-0.15, -0.1) is 0 Å². The summed E-state index contributed by atoms with van der Waals surface area (Å²) in [5.41, 5.74) is 2.72. The average molecular weight is 607 g/mol. The second-order valence-electron chi connectivity index (χ2n) is 8.67. The van der Waals surface area contributed by atoms with Crippen LogP contribution in [0.3, 0.4) is 0 Å². The number of benzene rings is 3. The second kappa shape index (κ2) is 12.6. The van der Waals surface area contributed by atoms with Crippen molar-refractivity contribution in [1.29, 1.82) is 0 Å². The minimum atomic E-state index is -3.84. The minimum absolute atomic E-state index is 0.114. The fraction of sp³-hybridized carbons (Fsp3) is 0.259. The third-order valence-corrected chi connectivity index (χ3v) is 7.98. The Bertz CT molecular complexity index is 1350. The SMILES string of the molecule is CNC(=O)[C@H](Cc1ccccc1)N(Cc1ccc(Br)cc1)C(=O)CN(c1ccc(C)c(Cl)c1)S(C)(=O)=O. The number of hydrogen-bond donors (Lipinski definition) is 1. The molecule has 3 aromatic rings. The van der Waals surface area contributed by atoms with Crippen LogP contribution >= 0.6 is 27.5 Å². The summed E-state index contributed by atoms with van der Waals surface area (Å²) in [4.78, 5) is 28.4. The number of carbonyl (C=O) groups is 2. The van der Waals surface area contributed by atoms with E-state index in [4.69, 9.17) is 11.6 Å². The van der Waals surface area contributed by atoms with Crippen LogP contribution in [0.5, 0.6) is 0 Å². The Morgan fingerprint density at radius 3 is 2.22 bits per heavy atom. The number of likely N-dealkylation sites (N-methyl/N-ethyl adjacent to an activating group) is 1. The lowest BCUT2D eigenvalue weighted by Gasteiger charge is -2.33. The van der Waals surface area contributed by atoms with Crippen LogP contribution in [0.1, 0.15) is 16.7 Å². The Hall–Kier alpha value is -2.88. The lowest BCUT2D eigenvalue weighted by molar-refractivity contribution is -0.139. The van der Waals surface area contributed by atoms with Crippen LogP contribution in [0.4, 0.5) is 5.69 Å². The molecule has 0 aliphatic carbocycles. The molecule has 0 bridgehead atoms. The highest BCUT2D eigenvalue weighted by Gasteiger charge is 2.32. The van der Waals surface area contributed by atoms with Crippen LogP contribution in [-0.4, -0.2) is 51.0 Å². The number of halogens is 2. The van der Waals surface area contributed by atoms with Gasteiger partial charge in [-0.3, -0.25) is 13.9 Å². The van der Waals surface area contributed by atoms with Crippen LogP contribution in [0.2, 0.25) is 5.02 Å². The zero-order valence-electron chi connectivity index (χ0n) is 20.8. The van der Waals surface area contributed by atoms with Gasteiger partial charge in [0, 0.05) is 29.5 Å². The number of nitrogens with one attached hydrogen (secondary N) is 1. The number of aryl methyl sites for hydroxylation is 1. The third kappa shape index (κ3) is 7.80. The van der Waals surface area contributed by atoms with E-state index in [0.717, 1.165) is 31.7 Å². The van der Waals surface area contributed by atoms with Crippen molar-refractivity contribution in [2.75, 3.05) is 24.2 Å². The summed E-state index contributed by atoms with van der Waals surface area (Å²) in [6.07, 6.45) is 1.30. The highest BCUT2D eigenvalue weighted by atomic mass is 79.9. The largest absolute Gasteiger partial charge is 0.357 e. The van der Waals surface area contributed by atoms with E-state index in [0.29, 0.717) is 5.02 Å². The van der Waals surface area contributed by atoms with Crippen molar-refractivity contribution in [1.82, 2.24) is 10.2 Å². The fourth-order valence-electron chi connectivity index (χ4n) is 3.86. The topological polar surface area (TPSA) is 86.8 Å².